The van der Waals surface area contributed by atoms with E-state index in [2.05, 4.69) is 15.9 Å². The molecule has 1 aliphatic rings. The molecule has 0 aliphatic carbocycles. The van der Waals surface area contributed by atoms with Crippen LogP contribution in [0.5, 0.6) is 0 Å². The Labute approximate surface area is 177 Å². The van der Waals surface area contributed by atoms with Crippen molar-refractivity contribution in [2.24, 2.45) is 0 Å². The molecule has 0 spiro atoms. The Morgan fingerprint density at radius 3 is 2.31 bits per heavy atom. The zero-order valence-corrected chi connectivity index (χ0v) is 17.8. The smallest absolute Gasteiger partial charge is 0.295 e. The molecule has 1 heterocycles. The third-order valence-corrected chi connectivity index (χ3v) is 5.43. The van der Waals surface area contributed by atoms with Crippen molar-refractivity contribution < 1.29 is 24.0 Å². The zero-order chi connectivity index (χ0) is 21.1. The van der Waals surface area contributed by atoms with Gasteiger partial charge in [-0.3, -0.25) is 9.59 Å². The third-order valence-electron chi connectivity index (χ3n) is 4.90. The van der Waals surface area contributed by atoms with E-state index in [1.54, 1.807) is 24.3 Å². The van der Waals surface area contributed by atoms with Crippen molar-refractivity contribution >= 4 is 33.4 Å². The van der Waals surface area contributed by atoms with Crippen LogP contribution >= 0.6 is 15.9 Å². The second-order valence-electron chi connectivity index (χ2n) is 7.34. The van der Waals surface area contributed by atoms with E-state index in [4.69, 9.17) is 0 Å². The minimum atomic E-state index is -0.816. The second kappa shape index (κ2) is 8.88. The highest BCUT2D eigenvalue weighted by Gasteiger charge is 2.43. The molecule has 0 bridgehead atoms. The molecule has 1 saturated heterocycles. The number of carbonyl (C=O) groups excluding carboxylic acids is 2. The second-order valence-corrected chi connectivity index (χ2v) is 8.26. The predicted octanol–water partition coefficient (Wildman–Crippen LogP) is 1.35. The number of amides is 1. The lowest BCUT2D eigenvalue weighted by Crippen LogP contribution is -3.05. The predicted molar refractivity (Wildman–Crippen MR) is 109 cm³/mol. The fourth-order valence-electron chi connectivity index (χ4n) is 3.45. The lowest BCUT2D eigenvalue weighted by Gasteiger charge is -2.27. The molecule has 0 saturated carbocycles. The van der Waals surface area contributed by atoms with Gasteiger partial charge < -0.3 is 14.9 Å². The summed E-state index contributed by atoms with van der Waals surface area (Å²) < 4.78 is 14.2. The van der Waals surface area contributed by atoms with Crippen LogP contribution in [0.25, 0.3) is 5.76 Å². The van der Waals surface area contributed by atoms with Gasteiger partial charge in [0.1, 0.15) is 5.82 Å². The first-order valence-electron chi connectivity index (χ1n) is 9.36. The maximum absolute atomic E-state index is 13.4. The molecule has 3 rings (SSSR count). The number of hydrogen-bond acceptors (Lipinski definition) is 3. The molecule has 0 radical (unpaired) electrons. The SMILES string of the molecule is C[NH+](C)CCCN1C(=O)C(=O)C(=C([O-])c2ccc(Br)cc2)C1c1ccc(F)cc1. The van der Waals surface area contributed by atoms with Crippen LogP contribution in [0.15, 0.2) is 58.6 Å². The summed E-state index contributed by atoms with van der Waals surface area (Å²) in [5.74, 6) is -2.38. The standard InChI is InChI=1S/C22H22BrFN2O3/c1-25(2)12-3-13-26-19(14-6-10-17(24)11-7-14)18(21(28)22(26)29)20(27)15-4-8-16(23)9-5-15/h4-11,19,27H,3,12-13H2,1-2H3. The molecule has 0 aromatic heterocycles. The minimum Gasteiger partial charge on any atom is -0.872 e. The van der Waals surface area contributed by atoms with E-state index in [9.17, 15) is 19.1 Å². The van der Waals surface area contributed by atoms with Crippen molar-refractivity contribution in [1.82, 2.24) is 4.90 Å². The van der Waals surface area contributed by atoms with E-state index < -0.39 is 29.3 Å². The van der Waals surface area contributed by atoms with Crippen LogP contribution in [0.1, 0.15) is 23.6 Å². The normalized spacial score (nSPS) is 18.7. The molecule has 1 aliphatic heterocycles. The zero-order valence-electron chi connectivity index (χ0n) is 16.2. The van der Waals surface area contributed by atoms with Gasteiger partial charge in [-0.2, -0.15) is 0 Å². The number of quaternary nitrogens is 1. The lowest BCUT2D eigenvalue weighted by molar-refractivity contribution is -0.858. The largest absolute Gasteiger partial charge is 0.872 e. The van der Waals surface area contributed by atoms with Crippen molar-refractivity contribution in [2.75, 3.05) is 27.2 Å². The van der Waals surface area contributed by atoms with Gasteiger partial charge in [-0.15, -0.1) is 0 Å². The van der Waals surface area contributed by atoms with Crippen molar-refractivity contribution in [3.05, 3.63) is 75.5 Å². The summed E-state index contributed by atoms with van der Waals surface area (Å²) in [6.07, 6.45) is 0.679. The van der Waals surface area contributed by atoms with Crippen molar-refractivity contribution in [1.29, 1.82) is 0 Å². The fourth-order valence-corrected chi connectivity index (χ4v) is 3.72. The van der Waals surface area contributed by atoms with Gasteiger partial charge in [0.05, 0.1) is 26.7 Å². The van der Waals surface area contributed by atoms with Crippen LogP contribution in [0.3, 0.4) is 0 Å². The number of nitrogens with one attached hydrogen (secondary N) is 1. The molecule has 2 aromatic carbocycles. The van der Waals surface area contributed by atoms with E-state index in [1.807, 2.05) is 14.1 Å². The molecule has 29 heavy (non-hydrogen) atoms. The number of hydrogen-bond donors (Lipinski definition) is 1. The molecule has 1 amide bonds. The summed E-state index contributed by atoms with van der Waals surface area (Å²) >= 11 is 3.32. The Kier molecular flexibility index (Phi) is 6.49. The Bertz CT molecular complexity index is 940. The highest BCUT2D eigenvalue weighted by Crippen LogP contribution is 2.38. The lowest BCUT2D eigenvalue weighted by atomic mass is 9.95. The van der Waals surface area contributed by atoms with Gasteiger partial charge in [0.25, 0.3) is 5.91 Å². The maximum atomic E-state index is 13.4. The van der Waals surface area contributed by atoms with Gasteiger partial charge in [-0.05, 0) is 35.4 Å². The van der Waals surface area contributed by atoms with Crippen molar-refractivity contribution in [2.45, 2.75) is 12.5 Å². The summed E-state index contributed by atoms with van der Waals surface area (Å²) in [4.78, 5) is 28.2. The molecular weight excluding hydrogens is 439 g/mol. The number of ketones is 1. The molecule has 1 atom stereocenters. The highest BCUT2D eigenvalue weighted by molar-refractivity contribution is 9.10. The van der Waals surface area contributed by atoms with Crippen LogP contribution in [0.2, 0.25) is 0 Å². The first-order chi connectivity index (χ1) is 13.8. The van der Waals surface area contributed by atoms with Gasteiger partial charge in [0.2, 0.25) is 5.78 Å². The molecule has 152 valence electrons. The maximum Gasteiger partial charge on any atom is 0.295 e. The fraction of sp³-hybridized carbons (Fsp3) is 0.273. The summed E-state index contributed by atoms with van der Waals surface area (Å²) in [5, 5.41) is 13.2. The van der Waals surface area contributed by atoms with E-state index in [-0.39, 0.29) is 5.57 Å². The van der Waals surface area contributed by atoms with E-state index in [0.29, 0.717) is 24.1 Å². The molecule has 5 nitrogen and oxygen atoms in total. The Hall–Kier alpha value is -2.51. The Balaban J connectivity index is 2.07. The van der Waals surface area contributed by atoms with Crippen molar-refractivity contribution in [3.63, 3.8) is 0 Å². The number of carbonyl (C=O) groups is 2. The number of halogens is 2. The third kappa shape index (κ3) is 4.57. The summed E-state index contributed by atoms with van der Waals surface area (Å²) in [6, 6.07) is 11.4. The average Bonchev–Trinajstić information content (AvgIpc) is 2.93. The Morgan fingerprint density at radius 2 is 1.72 bits per heavy atom. The molecule has 1 unspecified atom stereocenters. The number of benzene rings is 2. The molecular formula is C22H22BrFN2O3. The number of rotatable bonds is 6. The Morgan fingerprint density at radius 1 is 1.10 bits per heavy atom. The van der Waals surface area contributed by atoms with E-state index in [0.717, 1.165) is 11.0 Å². The first kappa shape index (κ1) is 21.2. The van der Waals surface area contributed by atoms with Crippen LogP contribution in [0, 0.1) is 5.82 Å². The number of likely N-dealkylation sites (tertiary alicyclic amines) is 1. The van der Waals surface area contributed by atoms with E-state index in [1.165, 1.54) is 34.1 Å². The molecule has 7 heteroatoms. The number of nitrogens with zero attached hydrogens (tertiary/aromatic N) is 1. The summed E-state index contributed by atoms with van der Waals surface area (Å²) in [5.41, 5.74) is 0.792. The van der Waals surface area contributed by atoms with Gasteiger partial charge in [0, 0.05) is 23.0 Å². The number of Topliss-reactive ketones (excluding diaryl/α,β-unsaturated/α-hetero) is 1. The van der Waals surface area contributed by atoms with E-state index >= 15 is 0 Å². The summed E-state index contributed by atoms with van der Waals surface area (Å²) in [7, 11) is 4.01. The van der Waals surface area contributed by atoms with Crippen LogP contribution < -0.4 is 10.0 Å². The first-order valence-corrected chi connectivity index (χ1v) is 10.2. The van der Waals surface area contributed by atoms with Crippen molar-refractivity contribution in [3.8, 4) is 0 Å². The molecule has 1 N–H and O–H groups in total. The monoisotopic (exact) mass is 460 g/mol. The topological polar surface area (TPSA) is 64.9 Å². The summed E-state index contributed by atoms with van der Waals surface area (Å²) in [6.45, 7) is 1.15. The van der Waals surface area contributed by atoms with Gasteiger partial charge in [-0.1, -0.05) is 46.0 Å². The van der Waals surface area contributed by atoms with Crippen LogP contribution in [0.4, 0.5) is 4.39 Å². The quantitative estimate of drug-likeness (QED) is 0.402. The highest BCUT2D eigenvalue weighted by atomic mass is 79.9. The van der Waals surface area contributed by atoms with Crippen LogP contribution in [-0.2, 0) is 9.59 Å². The van der Waals surface area contributed by atoms with Crippen LogP contribution in [-0.4, -0.2) is 43.8 Å². The van der Waals surface area contributed by atoms with Gasteiger partial charge in [-0.25, -0.2) is 4.39 Å². The molecule has 1 fully saturated rings. The van der Waals surface area contributed by atoms with Gasteiger partial charge >= 0.3 is 0 Å². The molecule has 2 aromatic rings. The average molecular weight is 461 g/mol. The van der Waals surface area contributed by atoms with Gasteiger partial charge in [0.15, 0.2) is 0 Å². The minimum absolute atomic E-state index is 0.0823.